The minimum atomic E-state index is -1.06. The fraction of sp³-hybridized carbons (Fsp3) is 0.350. The van der Waals surface area contributed by atoms with Gasteiger partial charge in [-0.15, -0.1) is 0 Å². The topological polar surface area (TPSA) is 74.3 Å². The monoisotopic (exact) mass is 406 g/mol. The van der Waals surface area contributed by atoms with Crippen molar-refractivity contribution < 1.29 is 22.8 Å². The highest BCUT2D eigenvalue weighted by molar-refractivity contribution is 5.94. The average molecular weight is 406 g/mol. The summed E-state index contributed by atoms with van der Waals surface area (Å²) in [6.45, 7) is 4.88. The SMILES string of the molecule is CC(C)c1cc(F)cnc1[C@@H](C)NC(=O)CN1Cc2c(ccc(F)c2F)NC1=O. The van der Waals surface area contributed by atoms with Crippen molar-refractivity contribution >= 4 is 17.6 Å². The van der Waals surface area contributed by atoms with Crippen molar-refractivity contribution in [3.8, 4) is 0 Å². The molecule has 3 rings (SSSR count). The molecule has 1 aromatic carbocycles. The number of urea groups is 1. The summed E-state index contributed by atoms with van der Waals surface area (Å²) in [5, 5.41) is 5.16. The van der Waals surface area contributed by atoms with Gasteiger partial charge in [0.1, 0.15) is 12.4 Å². The Morgan fingerprint density at radius 1 is 1.28 bits per heavy atom. The van der Waals surface area contributed by atoms with Gasteiger partial charge in [0, 0.05) is 5.56 Å². The first-order valence-corrected chi connectivity index (χ1v) is 9.14. The van der Waals surface area contributed by atoms with Crippen LogP contribution in [0.3, 0.4) is 0 Å². The van der Waals surface area contributed by atoms with E-state index in [0.29, 0.717) is 11.3 Å². The van der Waals surface area contributed by atoms with Gasteiger partial charge in [-0.05, 0) is 36.6 Å². The molecule has 0 saturated carbocycles. The summed E-state index contributed by atoms with van der Waals surface area (Å²) in [6.07, 6.45) is 1.08. The number of hydrogen-bond donors (Lipinski definition) is 2. The van der Waals surface area contributed by atoms with Crippen LogP contribution in [-0.4, -0.2) is 28.4 Å². The molecule has 0 aliphatic carbocycles. The maximum atomic E-state index is 14.0. The third-order valence-electron chi connectivity index (χ3n) is 4.73. The van der Waals surface area contributed by atoms with Crippen molar-refractivity contribution in [3.05, 3.63) is 58.7 Å². The Bertz CT molecular complexity index is 965. The van der Waals surface area contributed by atoms with Crippen LogP contribution in [0.5, 0.6) is 0 Å². The lowest BCUT2D eigenvalue weighted by atomic mass is 9.98. The Morgan fingerprint density at radius 3 is 2.69 bits per heavy atom. The number of aromatic nitrogens is 1. The molecule has 9 heteroatoms. The number of rotatable bonds is 5. The summed E-state index contributed by atoms with van der Waals surface area (Å²) in [5.74, 6) is -3.06. The van der Waals surface area contributed by atoms with Crippen molar-refractivity contribution in [2.45, 2.75) is 39.3 Å². The van der Waals surface area contributed by atoms with E-state index in [-0.39, 0.29) is 30.3 Å². The normalized spacial score (nSPS) is 14.4. The zero-order valence-corrected chi connectivity index (χ0v) is 16.2. The first kappa shape index (κ1) is 20.6. The Hall–Kier alpha value is -3.10. The third-order valence-corrected chi connectivity index (χ3v) is 4.73. The van der Waals surface area contributed by atoms with E-state index in [2.05, 4.69) is 15.6 Å². The van der Waals surface area contributed by atoms with Crippen LogP contribution in [0.4, 0.5) is 23.7 Å². The van der Waals surface area contributed by atoms with Gasteiger partial charge in [0.25, 0.3) is 0 Å². The zero-order valence-electron chi connectivity index (χ0n) is 16.2. The molecule has 0 spiro atoms. The largest absolute Gasteiger partial charge is 0.346 e. The van der Waals surface area contributed by atoms with Crippen molar-refractivity contribution in [2.75, 3.05) is 11.9 Å². The lowest BCUT2D eigenvalue weighted by Crippen LogP contribution is -2.45. The van der Waals surface area contributed by atoms with Crippen LogP contribution in [0.2, 0.25) is 0 Å². The molecule has 1 atom stereocenters. The molecule has 1 aliphatic heterocycles. The summed E-state index contributed by atoms with van der Waals surface area (Å²) in [5.41, 5.74) is 1.35. The molecule has 6 nitrogen and oxygen atoms in total. The van der Waals surface area contributed by atoms with Gasteiger partial charge in [-0.1, -0.05) is 13.8 Å². The van der Waals surface area contributed by atoms with E-state index < -0.39 is 35.4 Å². The van der Waals surface area contributed by atoms with Crippen molar-refractivity contribution in [2.24, 2.45) is 0 Å². The predicted octanol–water partition coefficient (Wildman–Crippen LogP) is 3.85. The van der Waals surface area contributed by atoms with Crippen LogP contribution < -0.4 is 10.6 Å². The van der Waals surface area contributed by atoms with E-state index in [1.807, 2.05) is 13.8 Å². The van der Waals surface area contributed by atoms with Crippen molar-refractivity contribution in [1.29, 1.82) is 0 Å². The Balaban J connectivity index is 1.71. The average Bonchev–Trinajstić information content (AvgIpc) is 2.65. The molecule has 0 unspecified atom stereocenters. The number of pyridine rings is 1. The van der Waals surface area contributed by atoms with Crippen LogP contribution in [0.15, 0.2) is 24.4 Å². The molecule has 3 amide bonds. The summed E-state index contributed by atoms with van der Waals surface area (Å²) >= 11 is 0. The first-order chi connectivity index (χ1) is 13.7. The minimum Gasteiger partial charge on any atom is -0.346 e. The molecule has 2 N–H and O–H groups in total. The van der Waals surface area contributed by atoms with E-state index in [1.165, 1.54) is 12.1 Å². The fourth-order valence-electron chi connectivity index (χ4n) is 3.27. The molecule has 2 heterocycles. The first-order valence-electron chi connectivity index (χ1n) is 9.14. The molecule has 0 saturated heterocycles. The van der Waals surface area contributed by atoms with Crippen LogP contribution in [0.25, 0.3) is 0 Å². The molecule has 1 aliphatic rings. The third kappa shape index (κ3) is 4.33. The second-order valence-corrected chi connectivity index (χ2v) is 7.25. The zero-order chi connectivity index (χ0) is 21.3. The van der Waals surface area contributed by atoms with Gasteiger partial charge in [-0.2, -0.15) is 0 Å². The lowest BCUT2D eigenvalue weighted by molar-refractivity contribution is -0.122. The van der Waals surface area contributed by atoms with Crippen LogP contribution in [0, 0.1) is 17.5 Å². The molecule has 0 bridgehead atoms. The van der Waals surface area contributed by atoms with Gasteiger partial charge < -0.3 is 15.5 Å². The summed E-state index contributed by atoms with van der Waals surface area (Å²) in [4.78, 5) is 29.8. The minimum absolute atomic E-state index is 0.00482. The number of nitrogens with zero attached hydrogens (tertiary/aromatic N) is 2. The van der Waals surface area contributed by atoms with E-state index in [9.17, 15) is 22.8 Å². The van der Waals surface area contributed by atoms with Gasteiger partial charge >= 0.3 is 6.03 Å². The maximum Gasteiger partial charge on any atom is 0.322 e. The van der Waals surface area contributed by atoms with Gasteiger partial charge in [0.2, 0.25) is 5.91 Å². The number of halogens is 3. The van der Waals surface area contributed by atoms with Crippen LogP contribution >= 0.6 is 0 Å². The van der Waals surface area contributed by atoms with Gasteiger partial charge in [0.15, 0.2) is 11.6 Å². The predicted molar refractivity (Wildman–Crippen MR) is 101 cm³/mol. The highest BCUT2D eigenvalue weighted by atomic mass is 19.2. The van der Waals surface area contributed by atoms with Crippen LogP contribution in [0.1, 0.15) is 49.6 Å². The van der Waals surface area contributed by atoms with Gasteiger partial charge in [0.05, 0.1) is 30.2 Å². The fourth-order valence-corrected chi connectivity index (χ4v) is 3.27. The number of hydrogen-bond acceptors (Lipinski definition) is 3. The molecule has 2 aromatic rings. The van der Waals surface area contributed by atoms with E-state index in [4.69, 9.17) is 0 Å². The second kappa shape index (κ2) is 8.10. The standard InChI is InChI=1S/C20H21F3N4O2/c1-10(2)13-6-12(21)7-24-19(13)11(3)25-17(28)9-27-8-14-16(26-20(27)29)5-4-15(22)18(14)23/h4-7,10-11H,8-9H2,1-3H3,(H,25,28)(H,26,29)/t11-/m1/s1. The Labute approximate surface area is 166 Å². The second-order valence-electron chi connectivity index (χ2n) is 7.25. The Morgan fingerprint density at radius 2 is 2.00 bits per heavy atom. The number of amides is 3. The van der Waals surface area contributed by atoms with E-state index in [0.717, 1.165) is 17.2 Å². The summed E-state index contributed by atoms with van der Waals surface area (Å²) < 4.78 is 41.0. The maximum absolute atomic E-state index is 14.0. The molecule has 0 radical (unpaired) electrons. The lowest BCUT2D eigenvalue weighted by Gasteiger charge is -2.29. The van der Waals surface area contributed by atoms with Crippen molar-refractivity contribution in [3.63, 3.8) is 0 Å². The molecule has 0 fully saturated rings. The number of fused-ring (bicyclic) bond motifs is 1. The number of benzene rings is 1. The van der Waals surface area contributed by atoms with Crippen LogP contribution in [-0.2, 0) is 11.3 Å². The molecule has 154 valence electrons. The highest BCUT2D eigenvalue weighted by Crippen LogP contribution is 2.27. The number of nitrogens with one attached hydrogen (secondary N) is 2. The molecular formula is C20H21F3N4O2. The van der Waals surface area contributed by atoms with E-state index >= 15 is 0 Å². The Kier molecular flexibility index (Phi) is 5.76. The highest BCUT2D eigenvalue weighted by Gasteiger charge is 2.28. The molecular weight excluding hydrogens is 385 g/mol. The van der Waals surface area contributed by atoms with Gasteiger partial charge in [-0.3, -0.25) is 9.78 Å². The number of carbonyl (C=O) groups is 2. The number of anilines is 1. The quantitative estimate of drug-likeness (QED) is 0.792. The summed E-state index contributed by atoms with van der Waals surface area (Å²) in [7, 11) is 0. The van der Waals surface area contributed by atoms with E-state index in [1.54, 1.807) is 6.92 Å². The number of carbonyl (C=O) groups excluding carboxylic acids is 2. The summed E-state index contributed by atoms with van der Waals surface area (Å²) in [6, 6.07) is 2.46. The van der Waals surface area contributed by atoms with Gasteiger partial charge in [-0.25, -0.2) is 18.0 Å². The van der Waals surface area contributed by atoms with Crippen molar-refractivity contribution in [1.82, 2.24) is 15.2 Å². The smallest absolute Gasteiger partial charge is 0.322 e. The molecule has 1 aromatic heterocycles. The molecule has 29 heavy (non-hydrogen) atoms.